The molecule has 0 aliphatic heterocycles. The zero-order valence-corrected chi connectivity index (χ0v) is 9.74. The van der Waals surface area contributed by atoms with E-state index in [1.165, 1.54) is 18.2 Å². The third kappa shape index (κ3) is 2.76. The molecule has 4 nitrogen and oxygen atoms in total. The number of aromatic hydroxyl groups is 1. The minimum absolute atomic E-state index is 0. The standard InChI is InChI=1S/C7H7NO3.K/c8-4-1-2-6(9)5(3-4)7(10)11;/h1-3,9H,8H2,(H,10,11);. The minimum atomic E-state index is -1.19. The van der Waals surface area contributed by atoms with Crippen molar-refractivity contribution in [3.8, 4) is 5.75 Å². The molecular weight excluding hydrogens is 185 g/mol. The Kier molecular flexibility index (Phi) is 4.80. The predicted molar refractivity (Wildman–Crippen MR) is 45.2 cm³/mol. The smallest absolute Gasteiger partial charge is 0.339 e. The summed E-state index contributed by atoms with van der Waals surface area (Å²) < 4.78 is 0. The van der Waals surface area contributed by atoms with Crippen molar-refractivity contribution in [1.29, 1.82) is 0 Å². The van der Waals surface area contributed by atoms with E-state index in [2.05, 4.69) is 0 Å². The number of aromatic carboxylic acids is 1. The Morgan fingerprint density at radius 2 is 2.00 bits per heavy atom. The van der Waals surface area contributed by atoms with Crippen LogP contribution in [0.15, 0.2) is 18.2 Å². The van der Waals surface area contributed by atoms with Crippen LogP contribution < -0.4 is 5.73 Å². The summed E-state index contributed by atoms with van der Waals surface area (Å²) in [6, 6.07) is 3.89. The van der Waals surface area contributed by atoms with Crippen LogP contribution in [0.4, 0.5) is 5.69 Å². The van der Waals surface area contributed by atoms with Crippen LogP contribution in [0.1, 0.15) is 10.4 Å². The molecule has 1 rings (SSSR count). The third-order valence-electron chi connectivity index (χ3n) is 1.25. The average molecular weight is 192 g/mol. The van der Waals surface area contributed by atoms with Crippen LogP contribution in [-0.4, -0.2) is 67.6 Å². The Morgan fingerprint density at radius 3 is 2.42 bits per heavy atom. The van der Waals surface area contributed by atoms with Gasteiger partial charge in [0.05, 0.1) is 0 Å². The van der Waals surface area contributed by atoms with Crippen molar-refractivity contribution in [3.63, 3.8) is 0 Å². The maximum Gasteiger partial charge on any atom is 0.339 e. The number of phenols is 1. The third-order valence-corrected chi connectivity index (χ3v) is 1.25. The summed E-state index contributed by atoms with van der Waals surface area (Å²) in [6.45, 7) is 0. The van der Waals surface area contributed by atoms with Gasteiger partial charge in [-0.1, -0.05) is 0 Å². The van der Waals surface area contributed by atoms with E-state index >= 15 is 0 Å². The fourth-order valence-electron chi connectivity index (χ4n) is 0.725. The Morgan fingerprint density at radius 1 is 1.42 bits per heavy atom. The average Bonchev–Trinajstić information content (AvgIpc) is 1.94. The fourth-order valence-corrected chi connectivity index (χ4v) is 0.725. The summed E-state index contributed by atoms with van der Waals surface area (Å²) in [4.78, 5) is 10.4. The maximum atomic E-state index is 10.4. The van der Waals surface area contributed by atoms with Gasteiger partial charge in [-0.25, -0.2) is 4.79 Å². The number of nitrogen functional groups attached to an aromatic ring is 1. The molecule has 1 aromatic carbocycles. The van der Waals surface area contributed by atoms with Crippen molar-refractivity contribution in [2.75, 3.05) is 5.73 Å². The minimum Gasteiger partial charge on any atom is -0.507 e. The first-order chi connectivity index (χ1) is 5.11. The zero-order valence-electron chi connectivity index (χ0n) is 6.61. The van der Waals surface area contributed by atoms with E-state index in [1.54, 1.807) is 0 Å². The number of carboxylic acids is 1. The summed E-state index contributed by atoms with van der Waals surface area (Å²) in [7, 11) is 0. The van der Waals surface area contributed by atoms with Crippen LogP contribution in [0.25, 0.3) is 0 Å². The summed E-state index contributed by atoms with van der Waals surface area (Å²) in [6.07, 6.45) is 0. The first-order valence-corrected chi connectivity index (χ1v) is 2.93. The molecule has 12 heavy (non-hydrogen) atoms. The van der Waals surface area contributed by atoms with Crippen molar-refractivity contribution in [2.24, 2.45) is 0 Å². The normalized spacial score (nSPS) is 8.67. The van der Waals surface area contributed by atoms with Gasteiger partial charge < -0.3 is 15.9 Å². The van der Waals surface area contributed by atoms with E-state index in [0.717, 1.165) is 0 Å². The molecule has 0 bridgehead atoms. The largest absolute Gasteiger partial charge is 0.507 e. The Balaban J connectivity index is 0.00000121. The van der Waals surface area contributed by atoms with Gasteiger partial charge in [0.15, 0.2) is 0 Å². The second-order valence-electron chi connectivity index (χ2n) is 2.08. The summed E-state index contributed by atoms with van der Waals surface area (Å²) in [5.41, 5.74) is 5.43. The number of benzene rings is 1. The van der Waals surface area contributed by atoms with Gasteiger partial charge in [0.1, 0.15) is 11.3 Å². The van der Waals surface area contributed by atoms with Gasteiger partial charge in [0.2, 0.25) is 0 Å². The molecule has 0 aliphatic carbocycles. The number of carbonyl (C=O) groups is 1. The van der Waals surface area contributed by atoms with Gasteiger partial charge in [0.25, 0.3) is 0 Å². The monoisotopic (exact) mass is 192 g/mol. The van der Waals surface area contributed by atoms with Crippen LogP contribution in [0.5, 0.6) is 5.75 Å². The summed E-state index contributed by atoms with van der Waals surface area (Å²) >= 11 is 0. The van der Waals surface area contributed by atoms with Crippen molar-refractivity contribution in [1.82, 2.24) is 0 Å². The van der Waals surface area contributed by atoms with Gasteiger partial charge in [0, 0.05) is 57.1 Å². The fraction of sp³-hybridized carbons (Fsp3) is 0. The molecule has 4 N–H and O–H groups in total. The number of hydrogen-bond donors (Lipinski definition) is 3. The molecule has 0 aromatic heterocycles. The molecule has 0 spiro atoms. The first-order valence-electron chi connectivity index (χ1n) is 2.93. The zero-order chi connectivity index (χ0) is 8.43. The van der Waals surface area contributed by atoms with Crippen molar-refractivity contribution < 1.29 is 15.0 Å². The molecule has 0 unspecified atom stereocenters. The van der Waals surface area contributed by atoms with Crippen LogP contribution in [0.2, 0.25) is 0 Å². The molecule has 1 aromatic rings. The van der Waals surface area contributed by atoms with E-state index in [1.807, 2.05) is 0 Å². The number of hydrogen-bond acceptors (Lipinski definition) is 3. The molecule has 5 heteroatoms. The van der Waals surface area contributed by atoms with E-state index in [-0.39, 0.29) is 62.7 Å². The van der Waals surface area contributed by atoms with Crippen molar-refractivity contribution in [2.45, 2.75) is 0 Å². The van der Waals surface area contributed by atoms with Crippen LogP contribution >= 0.6 is 0 Å². The predicted octanol–water partition coefficient (Wildman–Crippen LogP) is 0.292. The van der Waals surface area contributed by atoms with E-state index in [9.17, 15) is 4.79 Å². The van der Waals surface area contributed by atoms with Gasteiger partial charge in [-0.2, -0.15) is 0 Å². The molecule has 0 saturated heterocycles. The summed E-state index contributed by atoms with van der Waals surface area (Å²) in [5.74, 6) is -1.46. The number of nitrogens with two attached hydrogens (primary N) is 1. The molecular formula is C7H7KNO3. The molecule has 0 fully saturated rings. The SMILES string of the molecule is Nc1ccc(O)c(C(=O)O)c1.[K]. The Bertz CT molecular complexity index is 301. The van der Waals surface area contributed by atoms with Crippen molar-refractivity contribution in [3.05, 3.63) is 23.8 Å². The van der Waals surface area contributed by atoms with Crippen molar-refractivity contribution >= 4 is 63.0 Å². The van der Waals surface area contributed by atoms with E-state index in [0.29, 0.717) is 5.69 Å². The molecule has 0 atom stereocenters. The Hall–Kier alpha value is -0.0736. The topological polar surface area (TPSA) is 83.5 Å². The first kappa shape index (κ1) is 11.9. The molecule has 0 heterocycles. The maximum absolute atomic E-state index is 10.4. The molecule has 0 aliphatic rings. The molecule has 0 amide bonds. The second kappa shape index (κ2) is 4.83. The van der Waals surface area contributed by atoms with Gasteiger partial charge in [-0.15, -0.1) is 0 Å². The molecule has 1 radical (unpaired) electrons. The number of anilines is 1. The van der Waals surface area contributed by atoms with E-state index < -0.39 is 5.97 Å². The van der Waals surface area contributed by atoms with Gasteiger partial charge in [-0.3, -0.25) is 0 Å². The molecule has 0 saturated carbocycles. The molecule has 59 valence electrons. The van der Waals surface area contributed by atoms with Gasteiger partial charge in [-0.05, 0) is 18.2 Å². The Labute approximate surface area is 112 Å². The van der Waals surface area contributed by atoms with Crippen LogP contribution in [0.3, 0.4) is 0 Å². The second-order valence-corrected chi connectivity index (χ2v) is 2.08. The number of carboxylic acid groups (broad SMARTS) is 1. The number of rotatable bonds is 1. The van der Waals surface area contributed by atoms with E-state index in [4.69, 9.17) is 15.9 Å². The van der Waals surface area contributed by atoms with Crippen LogP contribution in [-0.2, 0) is 0 Å². The summed E-state index contributed by atoms with van der Waals surface area (Å²) in [5, 5.41) is 17.4. The van der Waals surface area contributed by atoms with Gasteiger partial charge >= 0.3 is 5.97 Å². The quantitative estimate of drug-likeness (QED) is 0.339. The van der Waals surface area contributed by atoms with Crippen LogP contribution in [0, 0.1) is 0 Å².